The van der Waals surface area contributed by atoms with E-state index in [2.05, 4.69) is 5.32 Å². The van der Waals surface area contributed by atoms with Crippen LogP contribution in [0.5, 0.6) is 0 Å². The van der Waals surface area contributed by atoms with E-state index in [-0.39, 0.29) is 20.9 Å². The average Bonchev–Trinajstić information content (AvgIpc) is 2.96. The molecule has 0 aliphatic rings. The summed E-state index contributed by atoms with van der Waals surface area (Å²) in [7, 11) is -3.45. The van der Waals surface area contributed by atoms with Crippen LogP contribution in [-0.2, 0) is 9.84 Å². The molecule has 0 fully saturated rings. The second-order valence-corrected chi connectivity index (χ2v) is 8.46. The lowest BCUT2D eigenvalue weighted by atomic mass is 10.3. The molecule has 108 valence electrons. The molecule has 1 unspecified atom stereocenters. The van der Waals surface area contributed by atoms with Gasteiger partial charge in [-0.05, 0) is 18.4 Å². The van der Waals surface area contributed by atoms with Gasteiger partial charge in [0.25, 0.3) is 0 Å². The van der Waals surface area contributed by atoms with Crippen molar-refractivity contribution in [1.29, 1.82) is 0 Å². The highest BCUT2D eigenvalue weighted by atomic mass is 32.2. The number of hydrogen-bond donors (Lipinski definition) is 1. The summed E-state index contributed by atoms with van der Waals surface area (Å²) in [4.78, 5) is 11.5. The van der Waals surface area contributed by atoms with Gasteiger partial charge in [0.2, 0.25) is 0 Å². The summed E-state index contributed by atoms with van der Waals surface area (Å²) in [6, 6.07) is 4.78. The second kappa shape index (κ2) is 5.51. The first-order valence-electron chi connectivity index (χ1n) is 5.57. The van der Waals surface area contributed by atoms with E-state index in [0.29, 0.717) is 0 Å². The Morgan fingerprint density at radius 3 is 2.65 bits per heavy atom. The van der Waals surface area contributed by atoms with Crippen LogP contribution in [0.2, 0.25) is 0 Å². The van der Waals surface area contributed by atoms with E-state index in [0.717, 1.165) is 28.5 Å². The number of thiophene rings is 2. The molecule has 9 heteroatoms. The Morgan fingerprint density at radius 1 is 1.45 bits per heavy atom. The molecule has 6 nitrogen and oxygen atoms in total. The molecule has 0 saturated carbocycles. The summed E-state index contributed by atoms with van der Waals surface area (Å²) < 4.78 is 23.0. The van der Waals surface area contributed by atoms with Crippen LogP contribution in [0.3, 0.4) is 0 Å². The number of nitrogens with one attached hydrogen (secondary N) is 1. The molecule has 2 heterocycles. The largest absolute Gasteiger partial charge is 0.364 e. The molecule has 1 N–H and O–H groups in total. The van der Waals surface area contributed by atoms with Gasteiger partial charge in [0.1, 0.15) is 4.21 Å². The number of anilines is 1. The molecular weight excluding hydrogens is 320 g/mol. The third-order valence-corrected chi connectivity index (χ3v) is 6.48. The summed E-state index contributed by atoms with van der Waals surface area (Å²) >= 11 is 2.42. The lowest BCUT2D eigenvalue weighted by Gasteiger charge is -2.11. The Kier molecular flexibility index (Phi) is 4.11. The van der Waals surface area contributed by atoms with E-state index in [1.54, 1.807) is 0 Å². The lowest BCUT2D eigenvalue weighted by Crippen LogP contribution is -2.04. The molecule has 2 aromatic heterocycles. The van der Waals surface area contributed by atoms with E-state index < -0.39 is 14.8 Å². The van der Waals surface area contributed by atoms with Gasteiger partial charge in [0, 0.05) is 17.2 Å². The Morgan fingerprint density at radius 2 is 2.15 bits per heavy atom. The van der Waals surface area contributed by atoms with Gasteiger partial charge < -0.3 is 5.32 Å². The third kappa shape index (κ3) is 3.17. The molecule has 0 amide bonds. The highest BCUT2D eigenvalue weighted by Crippen LogP contribution is 2.39. The third-order valence-electron chi connectivity index (χ3n) is 2.57. The van der Waals surface area contributed by atoms with Gasteiger partial charge in [0.05, 0.1) is 11.0 Å². The Hall–Kier alpha value is -1.45. The zero-order valence-electron chi connectivity index (χ0n) is 10.7. The van der Waals surface area contributed by atoms with Gasteiger partial charge in [0.15, 0.2) is 14.8 Å². The Bertz CT molecular complexity index is 719. The minimum atomic E-state index is -3.45. The lowest BCUT2D eigenvalue weighted by molar-refractivity contribution is -0.383. The summed E-state index contributed by atoms with van der Waals surface area (Å²) in [5.74, 6) is 0. The van der Waals surface area contributed by atoms with Crippen LogP contribution >= 0.6 is 22.7 Å². The number of sulfone groups is 1. The molecule has 2 aromatic rings. The van der Waals surface area contributed by atoms with Gasteiger partial charge >= 0.3 is 5.69 Å². The Labute approximate surface area is 124 Å². The van der Waals surface area contributed by atoms with Crippen LogP contribution in [0.1, 0.15) is 17.8 Å². The van der Waals surface area contributed by atoms with Crippen molar-refractivity contribution in [2.75, 3.05) is 11.6 Å². The van der Waals surface area contributed by atoms with Crippen molar-refractivity contribution < 1.29 is 13.3 Å². The van der Waals surface area contributed by atoms with Crippen LogP contribution in [0.4, 0.5) is 10.7 Å². The van der Waals surface area contributed by atoms with Crippen molar-refractivity contribution in [1.82, 2.24) is 0 Å². The van der Waals surface area contributed by atoms with Crippen molar-refractivity contribution >= 4 is 43.2 Å². The molecule has 0 saturated heterocycles. The molecule has 0 aliphatic heterocycles. The topological polar surface area (TPSA) is 89.3 Å². The van der Waals surface area contributed by atoms with Crippen molar-refractivity contribution in [3.05, 3.63) is 38.6 Å². The summed E-state index contributed by atoms with van der Waals surface area (Å²) in [5, 5.41) is 16.2. The molecule has 2 rings (SSSR count). The zero-order valence-corrected chi connectivity index (χ0v) is 13.1. The number of hydrogen-bond acceptors (Lipinski definition) is 7. The fourth-order valence-corrected chi connectivity index (χ4v) is 4.35. The molecule has 0 aliphatic carbocycles. The van der Waals surface area contributed by atoms with E-state index in [1.807, 2.05) is 24.4 Å². The molecule has 0 spiro atoms. The van der Waals surface area contributed by atoms with Crippen molar-refractivity contribution in [3.8, 4) is 0 Å². The Balaban J connectivity index is 2.35. The van der Waals surface area contributed by atoms with Gasteiger partial charge in [-0.1, -0.05) is 17.4 Å². The fourth-order valence-electron chi connectivity index (χ4n) is 1.59. The summed E-state index contributed by atoms with van der Waals surface area (Å²) in [5.41, 5.74) is -0.209. The first-order chi connectivity index (χ1) is 9.29. The number of nitrogens with zero attached hydrogens (tertiary/aromatic N) is 1. The normalized spacial score (nSPS) is 13.1. The van der Waals surface area contributed by atoms with Gasteiger partial charge in [-0.25, -0.2) is 8.42 Å². The molecule has 1 atom stereocenters. The van der Waals surface area contributed by atoms with Gasteiger partial charge in [-0.15, -0.1) is 11.3 Å². The minimum absolute atomic E-state index is 0.00919. The van der Waals surface area contributed by atoms with Crippen LogP contribution in [0.15, 0.2) is 27.8 Å². The van der Waals surface area contributed by atoms with Crippen LogP contribution < -0.4 is 5.32 Å². The summed E-state index contributed by atoms with van der Waals surface area (Å²) in [6.07, 6.45) is 1.04. The number of rotatable bonds is 5. The fraction of sp³-hybridized carbons (Fsp3) is 0.273. The van der Waals surface area contributed by atoms with Gasteiger partial charge in [-0.3, -0.25) is 10.1 Å². The smallest absolute Gasteiger partial charge is 0.304 e. The van der Waals surface area contributed by atoms with E-state index >= 15 is 0 Å². The van der Waals surface area contributed by atoms with E-state index in [1.165, 1.54) is 11.3 Å². The maximum Gasteiger partial charge on any atom is 0.304 e. The van der Waals surface area contributed by atoms with Crippen LogP contribution in [-0.4, -0.2) is 19.6 Å². The molecule has 0 aromatic carbocycles. The predicted molar refractivity (Wildman–Crippen MR) is 80.4 cm³/mol. The first-order valence-corrected chi connectivity index (χ1v) is 9.16. The van der Waals surface area contributed by atoms with Gasteiger partial charge in [-0.2, -0.15) is 0 Å². The van der Waals surface area contributed by atoms with Crippen molar-refractivity contribution in [3.63, 3.8) is 0 Å². The predicted octanol–water partition coefficient (Wildman–Crippen LogP) is 3.29. The SMILES string of the molecule is CC(Nc1sc(S(C)(=O)=O)cc1[N+](=O)[O-])c1cccs1. The highest BCUT2D eigenvalue weighted by Gasteiger charge is 2.24. The average molecular weight is 332 g/mol. The molecular formula is C11H12N2O4S3. The minimum Gasteiger partial charge on any atom is -0.364 e. The van der Waals surface area contributed by atoms with E-state index in [9.17, 15) is 18.5 Å². The molecule has 20 heavy (non-hydrogen) atoms. The zero-order chi connectivity index (χ0) is 14.9. The monoisotopic (exact) mass is 332 g/mol. The van der Waals surface area contributed by atoms with E-state index in [4.69, 9.17) is 0 Å². The number of nitro groups is 1. The van der Waals surface area contributed by atoms with Crippen LogP contribution in [0, 0.1) is 10.1 Å². The summed E-state index contributed by atoms with van der Waals surface area (Å²) in [6.45, 7) is 1.87. The molecule has 0 bridgehead atoms. The first kappa shape index (κ1) is 14.9. The second-order valence-electron chi connectivity index (χ2n) is 4.19. The van der Waals surface area contributed by atoms with Crippen molar-refractivity contribution in [2.24, 2.45) is 0 Å². The quantitative estimate of drug-likeness (QED) is 0.670. The maximum absolute atomic E-state index is 11.5. The standard InChI is InChI=1S/C11H12N2O4S3/c1-7(9-4-3-5-18-9)12-11-8(13(14)15)6-10(19-11)20(2,16)17/h3-7,12H,1-2H3. The maximum atomic E-state index is 11.5. The highest BCUT2D eigenvalue weighted by molar-refractivity contribution is 7.92. The molecule has 0 radical (unpaired) electrons. The van der Waals surface area contributed by atoms with Crippen molar-refractivity contribution in [2.45, 2.75) is 17.2 Å². The van der Waals surface area contributed by atoms with Crippen LogP contribution in [0.25, 0.3) is 0 Å².